The third-order valence-electron chi connectivity index (χ3n) is 4.24. The smallest absolute Gasteiger partial charge is 0.244 e. The fourth-order valence-corrected chi connectivity index (χ4v) is 5.25. The summed E-state index contributed by atoms with van der Waals surface area (Å²) >= 11 is 1.41. The number of likely N-dealkylation sites (N-methyl/N-ethyl adjacent to an activating group) is 1. The van der Waals surface area contributed by atoms with Gasteiger partial charge >= 0.3 is 0 Å². The van der Waals surface area contributed by atoms with Crippen LogP contribution in [-0.2, 0) is 27.7 Å². The predicted molar refractivity (Wildman–Crippen MR) is 98.4 cm³/mol. The number of hydrogen-bond donors (Lipinski definition) is 1. The van der Waals surface area contributed by atoms with E-state index in [-0.39, 0.29) is 11.4 Å². The van der Waals surface area contributed by atoms with Gasteiger partial charge in [0.05, 0.1) is 12.1 Å². The van der Waals surface area contributed by atoms with Crippen LogP contribution in [-0.4, -0.2) is 37.2 Å². The molecule has 9 heteroatoms. The first-order chi connectivity index (χ1) is 12.4. The number of nitrogens with one attached hydrogen (secondary N) is 1. The zero-order valence-corrected chi connectivity index (χ0v) is 15.9. The lowest BCUT2D eigenvalue weighted by atomic mass is 9.96. The van der Waals surface area contributed by atoms with Gasteiger partial charge < -0.3 is 5.32 Å². The lowest BCUT2D eigenvalue weighted by molar-refractivity contribution is -0.116. The summed E-state index contributed by atoms with van der Waals surface area (Å²) < 4.78 is 25.9. The van der Waals surface area contributed by atoms with Crippen molar-refractivity contribution in [3.63, 3.8) is 0 Å². The Morgan fingerprint density at radius 3 is 2.88 bits per heavy atom. The zero-order chi connectivity index (χ0) is 18.7. The zero-order valence-electron chi connectivity index (χ0n) is 14.2. The van der Waals surface area contributed by atoms with E-state index in [2.05, 4.69) is 16.4 Å². The SMILES string of the molecule is CN(CC(=O)Nc1sc2c(c1C#N)CCCC2)S(=O)(=O)c1cccnc1. The van der Waals surface area contributed by atoms with Crippen LogP contribution in [0, 0.1) is 11.3 Å². The van der Waals surface area contributed by atoms with E-state index in [0.717, 1.165) is 40.4 Å². The maximum atomic E-state index is 12.5. The molecule has 0 aromatic carbocycles. The summed E-state index contributed by atoms with van der Waals surface area (Å²) in [7, 11) is -2.46. The van der Waals surface area contributed by atoms with Crippen LogP contribution in [0.2, 0.25) is 0 Å². The van der Waals surface area contributed by atoms with E-state index in [1.807, 2.05) is 0 Å². The van der Waals surface area contributed by atoms with Crippen LogP contribution >= 0.6 is 11.3 Å². The summed E-state index contributed by atoms with van der Waals surface area (Å²) in [5.74, 6) is -0.477. The van der Waals surface area contributed by atoms with Crippen LogP contribution in [0.25, 0.3) is 0 Å². The monoisotopic (exact) mass is 390 g/mol. The van der Waals surface area contributed by atoms with Crippen molar-refractivity contribution in [1.82, 2.24) is 9.29 Å². The number of pyridine rings is 1. The van der Waals surface area contributed by atoms with Gasteiger partial charge in [0, 0.05) is 24.3 Å². The van der Waals surface area contributed by atoms with Crippen molar-refractivity contribution in [3.8, 4) is 6.07 Å². The number of fused-ring (bicyclic) bond motifs is 1. The summed E-state index contributed by atoms with van der Waals surface area (Å²) in [6.07, 6.45) is 6.61. The Balaban J connectivity index is 1.74. The summed E-state index contributed by atoms with van der Waals surface area (Å²) in [6, 6.07) is 5.13. The minimum Gasteiger partial charge on any atom is -0.315 e. The van der Waals surface area contributed by atoms with Gasteiger partial charge in [0.2, 0.25) is 15.9 Å². The first-order valence-corrected chi connectivity index (χ1v) is 10.4. The summed E-state index contributed by atoms with van der Waals surface area (Å²) in [5, 5.41) is 12.6. The van der Waals surface area contributed by atoms with Gasteiger partial charge in [0.1, 0.15) is 16.0 Å². The standard InChI is InChI=1S/C17H18N4O3S2/c1-21(26(23,24)12-5-4-8-19-10-12)11-16(22)20-17-14(9-18)13-6-2-3-7-15(13)25-17/h4-5,8,10H,2-3,6-7,11H2,1H3,(H,20,22). The number of rotatable bonds is 5. The second-order valence-electron chi connectivity index (χ2n) is 6.02. The van der Waals surface area contributed by atoms with Crippen molar-refractivity contribution in [1.29, 1.82) is 5.26 Å². The third kappa shape index (κ3) is 3.62. The number of sulfonamides is 1. The van der Waals surface area contributed by atoms with Crippen LogP contribution in [0.3, 0.4) is 0 Å². The van der Waals surface area contributed by atoms with E-state index >= 15 is 0 Å². The normalized spacial score (nSPS) is 13.9. The van der Waals surface area contributed by atoms with Crippen LogP contribution in [0.15, 0.2) is 29.4 Å². The van der Waals surface area contributed by atoms with Crippen molar-refractivity contribution in [2.24, 2.45) is 0 Å². The quantitative estimate of drug-likeness (QED) is 0.842. The number of aromatic nitrogens is 1. The second-order valence-corrected chi connectivity index (χ2v) is 9.17. The number of nitriles is 1. The fourth-order valence-electron chi connectivity index (χ4n) is 2.91. The molecule has 1 N–H and O–H groups in total. The number of aryl methyl sites for hydroxylation is 1. The van der Waals surface area contributed by atoms with Crippen LogP contribution in [0.1, 0.15) is 28.8 Å². The molecule has 0 bridgehead atoms. The number of carbonyl (C=O) groups excluding carboxylic acids is 1. The molecular formula is C17H18N4O3S2. The average Bonchev–Trinajstić information content (AvgIpc) is 2.99. The molecule has 0 radical (unpaired) electrons. The number of anilines is 1. The highest BCUT2D eigenvalue weighted by atomic mass is 32.2. The number of carbonyl (C=O) groups is 1. The number of thiophene rings is 1. The molecule has 0 spiro atoms. The Kier molecular flexibility index (Phi) is 5.36. The van der Waals surface area contributed by atoms with Crippen LogP contribution in [0.4, 0.5) is 5.00 Å². The number of hydrogen-bond acceptors (Lipinski definition) is 6. The lowest BCUT2D eigenvalue weighted by Crippen LogP contribution is -2.35. The van der Waals surface area contributed by atoms with Gasteiger partial charge in [-0.15, -0.1) is 11.3 Å². The first-order valence-electron chi connectivity index (χ1n) is 8.14. The van der Waals surface area contributed by atoms with Crippen molar-refractivity contribution < 1.29 is 13.2 Å². The maximum Gasteiger partial charge on any atom is 0.244 e. The minimum absolute atomic E-state index is 0.0274. The molecule has 0 saturated carbocycles. The lowest BCUT2D eigenvalue weighted by Gasteiger charge is -2.16. The molecule has 3 rings (SSSR count). The molecule has 136 valence electrons. The Hall–Kier alpha value is -2.28. The topological polar surface area (TPSA) is 103 Å². The Morgan fingerprint density at radius 2 is 2.19 bits per heavy atom. The molecule has 2 heterocycles. The van der Waals surface area contributed by atoms with Gasteiger partial charge in [-0.3, -0.25) is 9.78 Å². The molecule has 2 aromatic heterocycles. The Morgan fingerprint density at radius 1 is 1.42 bits per heavy atom. The van der Waals surface area contributed by atoms with Gasteiger partial charge in [0.25, 0.3) is 0 Å². The highest BCUT2D eigenvalue weighted by Gasteiger charge is 2.25. The molecule has 26 heavy (non-hydrogen) atoms. The second kappa shape index (κ2) is 7.53. The molecule has 0 aliphatic heterocycles. The predicted octanol–water partition coefficient (Wildman–Crippen LogP) is 2.15. The molecule has 0 saturated heterocycles. The largest absolute Gasteiger partial charge is 0.315 e. The van der Waals surface area contributed by atoms with Gasteiger partial charge in [-0.05, 0) is 43.4 Å². The van der Waals surface area contributed by atoms with Crippen molar-refractivity contribution in [3.05, 3.63) is 40.5 Å². The maximum absolute atomic E-state index is 12.5. The van der Waals surface area contributed by atoms with Crippen molar-refractivity contribution in [2.75, 3.05) is 18.9 Å². The molecule has 2 aromatic rings. The molecule has 0 fully saturated rings. The van der Waals surface area contributed by atoms with Crippen LogP contribution < -0.4 is 5.32 Å². The van der Waals surface area contributed by atoms with Gasteiger partial charge in [-0.2, -0.15) is 9.57 Å². The van der Waals surface area contributed by atoms with Gasteiger partial charge in [-0.1, -0.05) is 0 Å². The molecule has 1 aliphatic carbocycles. The number of amides is 1. The molecule has 7 nitrogen and oxygen atoms in total. The Labute approximate surface area is 156 Å². The highest BCUT2D eigenvalue weighted by Crippen LogP contribution is 2.37. The van der Waals surface area contributed by atoms with E-state index in [0.29, 0.717) is 10.6 Å². The Bertz CT molecular complexity index is 962. The summed E-state index contributed by atoms with van der Waals surface area (Å²) in [6.45, 7) is -0.343. The van der Waals surface area contributed by atoms with E-state index in [4.69, 9.17) is 0 Å². The van der Waals surface area contributed by atoms with E-state index in [9.17, 15) is 18.5 Å². The average molecular weight is 390 g/mol. The molecule has 1 aliphatic rings. The minimum atomic E-state index is -3.80. The van der Waals surface area contributed by atoms with E-state index in [1.165, 1.54) is 42.9 Å². The van der Waals surface area contributed by atoms with E-state index < -0.39 is 15.9 Å². The number of nitrogens with zero attached hydrogens (tertiary/aromatic N) is 3. The molecule has 0 unspecified atom stereocenters. The molecule has 1 amide bonds. The van der Waals surface area contributed by atoms with Gasteiger partial charge in [0.15, 0.2) is 0 Å². The highest BCUT2D eigenvalue weighted by molar-refractivity contribution is 7.89. The third-order valence-corrected chi connectivity index (χ3v) is 7.24. The van der Waals surface area contributed by atoms with Crippen molar-refractivity contribution in [2.45, 2.75) is 30.6 Å². The first kappa shape index (κ1) is 18.5. The summed E-state index contributed by atoms with van der Waals surface area (Å²) in [4.78, 5) is 17.3. The van der Waals surface area contributed by atoms with Gasteiger partial charge in [-0.25, -0.2) is 8.42 Å². The van der Waals surface area contributed by atoms with Crippen molar-refractivity contribution >= 4 is 32.3 Å². The van der Waals surface area contributed by atoms with E-state index in [1.54, 1.807) is 0 Å². The fraction of sp³-hybridized carbons (Fsp3) is 0.353. The van der Waals surface area contributed by atoms with Crippen LogP contribution in [0.5, 0.6) is 0 Å². The molecule has 0 atom stereocenters. The summed E-state index contributed by atoms with van der Waals surface area (Å²) in [5.41, 5.74) is 1.53. The molecular weight excluding hydrogens is 372 g/mol.